The van der Waals surface area contributed by atoms with Gasteiger partial charge in [-0.05, 0) is 26.0 Å². The van der Waals surface area contributed by atoms with Gasteiger partial charge in [-0.2, -0.15) is 18.0 Å². The predicted octanol–water partition coefficient (Wildman–Crippen LogP) is 0.860. The van der Waals surface area contributed by atoms with Crippen molar-refractivity contribution in [2.45, 2.75) is 44.9 Å². The lowest BCUT2D eigenvalue weighted by Gasteiger charge is -2.15. The van der Waals surface area contributed by atoms with Crippen LogP contribution in [0.1, 0.15) is 26.6 Å². The van der Waals surface area contributed by atoms with Crippen molar-refractivity contribution in [1.82, 2.24) is 20.2 Å². The maximum atomic E-state index is 12.2. The quantitative estimate of drug-likeness (QED) is 0.828. The summed E-state index contributed by atoms with van der Waals surface area (Å²) in [6.07, 6.45) is -4.90. The number of nitrogens with zero attached hydrogens (tertiary/aromatic N) is 4. The molecule has 0 saturated carbocycles. The van der Waals surface area contributed by atoms with Crippen LogP contribution in [0.15, 0.2) is 0 Å². The molecule has 0 radical (unpaired) electrons. The Morgan fingerprint density at radius 1 is 1.31 bits per heavy atom. The summed E-state index contributed by atoms with van der Waals surface area (Å²) < 4.78 is 36.5. The molecule has 1 atom stereocenters. The van der Waals surface area contributed by atoms with Gasteiger partial charge in [0.2, 0.25) is 0 Å². The van der Waals surface area contributed by atoms with E-state index in [1.165, 1.54) is 4.80 Å². The minimum atomic E-state index is -4.44. The number of hydrogen-bond acceptors (Lipinski definition) is 4. The van der Waals surface area contributed by atoms with E-state index < -0.39 is 24.2 Å². The average Bonchev–Trinajstić information content (AvgIpc) is 2.49. The molecule has 1 unspecified atom stereocenters. The Hall–Kier alpha value is -1.18. The molecule has 0 aliphatic rings. The van der Waals surface area contributed by atoms with Crippen molar-refractivity contribution < 1.29 is 13.2 Å². The number of halogens is 3. The van der Waals surface area contributed by atoms with Gasteiger partial charge in [-0.3, -0.25) is 0 Å². The molecule has 0 amide bonds. The molecule has 1 rings (SSSR count). The predicted molar refractivity (Wildman–Crippen MR) is 50.5 cm³/mol. The van der Waals surface area contributed by atoms with Gasteiger partial charge in [0.1, 0.15) is 6.04 Å². The molecule has 0 spiro atoms. The molecule has 1 heterocycles. The van der Waals surface area contributed by atoms with Crippen molar-refractivity contribution in [1.29, 1.82) is 0 Å². The number of rotatable bonds is 2. The lowest BCUT2D eigenvalue weighted by atomic mass is 10.1. The second kappa shape index (κ2) is 4.00. The van der Waals surface area contributed by atoms with Crippen molar-refractivity contribution in [3.8, 4) is 0 Å². The molecule has 0 aliphatic heterocycles. The first-order chi connectivity index (χ1) is 7.10. The molecule has 0 saturated heterocycles. The third-order valence-corrected chi connectivity index (χ3v) is 1.88. The van der Waals surface area contributed by atoms with Crippen LogP contribution >= 0.6 is 0 Å². The van der Waals surface area contributed by atoms with Gasteiger partial charge in [-0.1, -0.05) is 0 Å². The monoisotopic (exact) mass is 237 g/mol. The summed E-state index contributed by atoms with van der Waals surface area (Å²) in [5.74, 6) is -0.000231. The number of hydrogen-bond donors (Lipinski definition) is 1. The van der Waals surface area contributed by atoms with Gasteiger partial charge < -0.3 is 5.73 Å². The normalized spacial score (nSPS) is 15.2. The Morgan fingerprint density at radius 3 is 2.25 bits per heavy atom. The fourth-order valence-electron chi connectivity index (χ4n) is 0.922. The lowest BCUT2D eigenvalue weighted by Crippen LogP contribution is -2.39. The van der Waals surface area contributed by atoms with E-state index in [-0.39, 0.29) is 5.82 Å². The zero-order chi connectivity index (χ0) is 12.6. The Balaban J connectivity index is 2.74. The number of tetrazole rings is 1. The molecule has 8 heteroatoms. The molecular formula is C8H14F3N5. The Morgan fingerprint density at radius 2 is 1.88 bits per heavy atom. The third kappa shape index (κ3) is 3.16. The SMILES string of the molecule is CC(C)(C)n1nnc(CC(N)C(F)(F)F)n1. The lowest BCUT2D eigenvalue weighted by molar-refractivity contribution is -0.147. The van der Waals surface area contributed by atoms with Crippen LogP contribution in [0.4, 0.5) is 13.2 Å². The van der Waals surface area contributed by atoms with Crippen LogP contribution < -0.4 is 5.73 Å². The maximum Gasteiger partial charge on any atom is 0.404 e. The van der Waals surface area contributed by atoms with Gasteiger partial charge in [0.25, 0.3) is 0 Å². The van der Waals surface area contributed by atoms with E-state index in [0.717, 1.165) is 0 Å². The van der Waals surface area contributed by atoms with Crippen molar-refractivity contribution in [2.24, 2.45) is 5.73 Å². The molecule has 0 bridgehead atoms. The zero-order valence-corrected chi connectivity index (χ0v) is 9.28. The van der Waals surface area contributed by atoms with Gasteiger partial charge in [-0.25, -0.2) is 0 Å². The first-order valence-corrected chi connectivity index (χ1v) is 4.72. The second-order valence-corrected chi connectivity index (χ2v) is 4.52. The first-order valence-electron chi connectivity index (χ1n) is 4.72. The van der Waals surface area contributed by atoms with E-state index in [0.29, 0.717) is 0 Å². The highest BCUT2D eigenvalue weighted by atomic mass is 19.4. The Labute approximate surface area is 90.8 Å². The maximum absolute atomic E-state index is 12.2. The molecule has 0 fully saturated rings. The van der Waals surface area contributed by atoms with E-state index in [1.54, 1.807) is 0 Å². The summed E-state index contributed by atoms with van der Waals surface area (Å²) in [5, 5.41) is 11.1. The van der Waals surface area contributed by atoms with Crippen molar-refractivity contribution in [2.75, 3.05) is 0 Å². The summed E-state index contributed by atoms with van der Waals surface area (Å²) in [4.78, 5) is 1.27. The fraction of sp³-hybridized carbons (Fsp3) is 0.875. The van der Waals surface area contributed by atoms with Crippen LogP contribution in [0.2, 0.25) is 0 Å². The van der Waals surface area contributed by atoms with Gasteiger partial charge in [-0.15, -0.1) is 10.2 Å². The standard InChI is InChI=1S/C8H14F3N5/c1-7(2,3)16-14-6(13-15-16)4-5(12)8(9,10)11/h5H,4,12H2,1-3H3. The van der Waals surface area contributed by atoms with E-state index >= 15 is 0 Å². The van der Waals surface area contributed by atoms with E-state index in [1.807, 2.05) is 20.8 Å². The summed E-state index contributed by atoms with van der Waals surface area (Å²) in [6, 6.07) is -1.95. The average molecular weight is 237 g/mol. The topological polar surface area (TPSA) is 69.6 Å². The molecule has 92 valence electrons. The van der Waals surface area contributed by atoms with Crippen molar-refractivity contribution in [3.63, 3.8) is 0 Å². The summed E-state index contributed by atoms with van der Waals surface area (Å²) in [5.41, 5.74) is 4.55. The summed E-state index contributed by atoms with van der Waals surface area (Å²) >= 11 is 0. The number of alkyl halides is 3. The number of aromatic nitrogens is 4. The molecule has 2 N–H and O–H groups in total. The highest BCUT2D eigenvalue weighted by molar-refractivity contribution is 4.87. The third-order valence-electron chi connectivity index (χ3n) is 1.88. The van der Waals surface area contributed by atoms with E-state index in [4.69, 9.17) is 5.73 Å². The molecule has 0 aliphatic carbocycles. The molecule has 1 aromatic heterocycles. The Bertz CT molecular complexity index is 351. The Kier molecular flexibility index (Phi) is 3.22. The van der Waals surface area contributed by atoms with Crippen LogP contribution in [-0.2, 0) is 12.0 Å². The number of nitrogens with two attached hydrogens (primary N) is 1. The van der Waals surface area contributed by atoms with Crippen LogP contribution in [-0.4, -0.2) is 32.4 Å². The van der Waals surface area contributed by atoms with Gasteiger partial charge in [0.15, 0.2) is 5.82 Å². The summed E-state index contributed by atoms with van der Waals surface area (Å²) in [6.45, 7) is 5.46. The van der Waals surface area contributed by atoms with E-state index in [2.05, 4.69) is 15.4 Å². The van der Waals surface area contributed by atoms with Crippen LogP contribution in [0.3, 0.4) is 0 Å². The second-order valence-electron chi connectivity index (χ2n) is 4.52. The molecule has 1 aromatic rings. The largest absolute Gasteiger partial charge is 0.404 e. The smallest absolute Gasteiger partial charge is 0.320 e. The highest BCUT2D eigenvalue weighted by Gasteiger charge is 2.37. The summed E-state index contributed by atoms with van der Waals surface area (Å²) in [7, 11) is 0. The van der Waals surface area contributed by atoms with Crippen molar-refractivity contribution in [3.05, 3.63) is 5.82 Å². The minimum absolute atomic E-state index is 0.000231. The molecule has 0 aromatic carbocycles. The molecule has 5 nitrogen and oxygen atoms in total. The molecular weight excluding hydrogens is 223 g/mol. The van der Waals surface area contributed by atoms with Crippen LogP contribution in [0, 0.1) is 0 Å². The van der Waals surface area contributed by atoms with E-state index in [9.17, 15) is 13.2 Å². The zero-order valence-electron chi connectivity index (χ0n) is 9.28. The van der Waals surface area contributed by atoms with Gasteiger partial charge in [0, 0.05) is 6.42 Å². The van der Waals surface area contributed by atoms with Gasteiger partial charge in [0.05, 0.1) is 5.54 Å². The minimum Gasteiger partial charge on any atom is -0.320 e. The van der Waals surface area contributed by atoms with Gasteiger partial charge >= 0.3 is 6.18 Å². The molecule has 16 heavy (non-hydrogen) atoms. The van der Waals surface area contributed by atoms with Crippen LogP contribution in [0.5, 0.6) is 0 Å². The first kappa shape index (κ1) is 12.9. The van der Waals surface area contributed by atoms with Crippen LogP contribution in [0.25, 0.3) is 0 Å². The van der Waals surface area contributed by atoms with Crippen molar-refractivity contribution >= 4 is 0 Å². The highest BCUT2D eigenvalue weighted by Crippen LogP contribution is 2.20. The fourth-order valence-corrected chi connectivity index (χ4v) is 0.922.